The van der Waals surface area contributed by atoms with E-state index in [1.807, 2.05) is 12.1 Å². The van der Waals surface area contributed by atoms with Gasteiger partial charge in [-0.15, -0.1) is 0 Å². The third-order valence-corrected chi connectivity index (χ3v) is 4.02. The van der Waals surface area contributed by atoms with Crippen molar-refractivity contribution in [3.63, 3.8) is 0 Å². The average Bonchev–Trinajstić information content (AvgIpc) is 2.57. The molecule has 4 heteroatoms. The van der Waals surface area contributed by atoms with Gasteiger partial charge in [-0.2, -0.15) is 0 Å². The van der Waals surface area contributed by atoms with Crippen LogP contribution in [0.2, 0.25) is 0 Å². The maximum atomic E-state index is 11.8. The molecule has 3 nitrogen and oxygen atoms in total. The molecule has 0 spiro atoms. The Hall–Kier alpha value is -1.55. The first kappa shape index (κ1) is 13.9. The van der Waals surface area contributed by atoms with Crippen molar-refractivity contribution in [2.75, 3.05) is 7.05 Å². The molecule has 19 heavy (non-hydrogen) atoms. The predicted molar refractivity (Wildman–Crippen MR) is 78.9 cm³/mol. The number of benzene rings is 1. The second-order valence-electron chi connectivity index (χ2n) is 5.61. The minimum Gasteiger partial charge on any atom is -0.272 e. The number of hydrogen-bond donors (Lipinski definition) is 0. The van der Waals surface area contributed by atoms with Crippen LogP contribution in [0.3, 0.4) is 0 Å². The first-order valence-corrected chi connectivity index (χ1v) is 6.93. The van der Waals surface area contributed by atoms with E-state index in [0.29, 0.717) is 4.91 Å². The van der Waals surface area contributed by atoms with Crippen LogP contribution in [0.4, 0.5) is 4.79 Å². The molecule has 2 amide bonds. The molecule has 1 aromatic carbocycles. The van der Waals surface area contributed by atoms with Crippen molar-refractivity contribution in [3.05, 3.63) is 40.3 Å². The Kier molecular flexibility index (Phi) is 3.54. The molecule has 2 rings (SSSR count). The van der Waals surface area contributed by atoms with E-state index in [1.54, 1.807) is 6.08 Å². The number of hydrogen-bond acceptors (Lipinski definition) is 3. The highest BCUT2D eigenvalue weighted by molar-refractivity contribution is 8.18. The van der Waals surface area contributed by atoms with Crippen LogP contribution in [0.5, 0.6) is 0 Å². The van der Waals surface area contributed by atoms with Crippen molar-refractivity contribution in [1.82, 2.24) is 4.90 Å². The van der Waals surface area contributed by atoms with Gasteiger partial charge in [0, 0.05) is 7.05 Å². The Morgan fingerprint density at radius 1 is 1.11 bits per heavy atom. The van der Waals surface area contributed by atoms with Crippen LogP contribution in [-0.2, 0) is 10.2 Å². The van der Waals surface area contributed by atoms with E-state index in [-0.39, 0.29) is 16.6 Å². The summed E-state index contributed by atoms with van der Waals surface area (Å²) < 4.78 is 0. The van der Waals surface area contributed by atoms with E-state index in [4.69, 9.17) is 0 Å². The first-order chi connectivity index (χ1) is 8.79. The van der Waals surface area contributed by atoms with Crippen LogP contribution >= 0.6 is 11.8 Å². The monoisotopic (exact) mass is 275 g/mol. The minimum atomic E-state index is -0.227. The maximum Gasteiger partial charge on any atom is 0.293 e. The topological polar surface area (TPSA) is 37.4 Å². The summed E-state index contributed by atoms with van der Waals surface area (Å²) in [6.45, 7) is 6.47. The van der Waals surface area contributed by atoms with Gasteiger partial charge >= 0.3 is 0 Å². The number of carbonyl (C=O) groups excluding carboxylic acids is 2. The summed E-state index contributed by atoms with van der Waals surface area (Å²) in [5.74, 6) is -0.227. The van der Waals surface area contributed by atoms with Crippen LogP contribution < -0.4 is 0 Å². The van der Waals surface area contributed by atoms with Gasteiger partial charge in [-0.3, -0.25) is 14.5 Å². The Labute approximate surface area is 117 Å². The fourth-order valence-corrected chi connectivity index (χ4v) is 2.60. The Morgan fingerprint density at radius 3 is 2.11 bits per heavy atom. The lowest BCUT2D eigenvalue weighted by molar-refractivity contribution is -0.121. The molecule has 0 aliphatic carbocycles. The number of rotatable bonds is 1. The van der Waals surface area contributed by atoms with E-state index in [2.05, 4.69) is 32.9 Å². The molecule has 0 radical (unpaired) electrons. The third-order valence-electron chi connectivity index (χ3n) is 3.06. The average molecular weight is 275 g/mol. The van der Waals surface area contributed by atoms with Crippen LogP contribution in [0.15, 0.2) is 29.2 Å². The summed E-state index contributed by atoms with van der Waals surface area (Å²) in [5, 5.41) is -0.220. The van der Waals surface area contributed by atoms with Gasteiger partial charge in [0.1, 0.15) is 0 Å². The minimum absolute atomic E-state index is 0.111. The molecular weight excluding hydrogens is 258 g/mol. The molecule has 1 fully saturated rings. The maximum absolute atomic E-state index is 11.8. The summed E-state index contributed by atoms with van der Waals surface area (Å²) in [5.41, 5.74) is 2.29. The van der Waals surface area contributed by atoms with Crippen LogP contribution in [-0.4, -0.2) is 23.1 Å². The molecule has 1 aliphatic rings. The normalized spacial score (nSPS) is 18.5. The van der Waals surface area contributed by atoms with E-state index < -0.39 is 0 Å². The predicted octanol–water partition coefficient (Wildman–Crippen LogP) is 3.65. The highest BCUT2D eigenvalue weighted by Crippen LogP contribution is 2.31. The second-order valence-corrected chi connectivity index (χ2v) is 6.61. The quantitative estimate of drug-likeness (QED) is 0.734. The number of thioether (sulfide) groups is 1. The molecule has 0 unspecified atom stereocenters. The van der Waals surface area contributed by atoms with Crippen molar-refractivity contribution in [2.24, 2.45) is 0 Å². The first-order valence-electron chi connectivity index (χ1n) is 6.11. The molecular formula is C15H17NO2S. The molecule has 1 aliphatic heterocycles. The fraction of sp³-hybridized carbons (Fsp3) is 0.333. The van der Waals surface area contributed by atoms with E-state index >= 15 is 0 Å². The lowest BCUT2D eigenvalue weighted by Gasteiger charge is -2.18. The van der Waals surface area contributed by atoms with Crippen molar-refractivity contribution >= 4 is 29.0 Å². The number of likely N-dealkylation sites (N-methyl/N-ethyl adjacent to an activating group) is 1. The van der Waals surface area contributed by atoms with Crippen molar-refractivity contribution < 1.29 is 9.59 Å². The van der Waals surface area contributed by atoms with Gasteiger partial charge in [-0.05, 0) is 34.4 Å². The fourth-order valence-electron chi connectivity index (χ4n) is 1.78. The zero-order valence-corrected chi connectivity index (χ0v) is 12.4. The van der Waals surface area contributed by atoms with E-state index in [0.717, 1.165) is 22.2 Å². The van der Waals surface area contributed by atoms with Gasteiger partial charge in [0.15, 0.2) is 0 Å². The van der Waals surface area contributed by atoms with Crippen molar-refractivity contribution in [3.8, 4) is 0 Å². The molecule has 1 heterocycles. The molecule has 1 saturated heterocycles. The summed E-state index contributed by atoms with van der Waals surface area (Å²) in [4.78, 5) is 24.8. The van der Waals surface area contributed by atoms with Crippen molar-refractivity contribution in [2.45, 2.75) is 26.2 Å². The van der Waals surface area contributed by atoms with Crippen LogP contribution in [0.1, 0.15) is 31.9 Å². The van der Waals surface area contributed by atoms with Gasteiger partial charge in [-0.1, -0.05) is 45.0 Å². The number of carbonyl (C=O) groups is 2. The highest BCUT2D eigenvalue weighted by atomic mass is 32.2. The largest absolute Gasteiger partial charge is 0.293 e. The summed E-state index contributed by atoms with van der Waals surface area (Å²) in [7, 11) is 1.50. The summed E-state index contributed by atoms with van der Waals surface area (Å²) in [6, 6.07) is 8.07. The van der Waals surface area contributed by atoms with Crippen LogP contribution in [0, 0.1) is 0 Å². The van der Waals surface area contributed by atoms with Gasteiger partial charge < -0.3 is 0 Å². The Morgan fingerprint density at radius 2 is 1.68 bits per heavy atom. The van der Waals surface area contributed by atoms with Gasteiger partial charge in [0.25, 0.3) is 11.1 Å². The molecule has 1 aromatic rings. The summed E-state index contributed by atoms with van der Waals surface area (Å²) >= 11 is 0.985. The smallest absolute Gasteiger partial charge is 0.272 e. The third kappa shape index (κ3) is 2.89. The molecule has 0 saturated carbocycles. The van der Waals surface area contributed by atoms with Gasteiger partial charge in [-0.25, -0.2) is 0 Å². The molecule has 0 atom stereocenters. The lowest BCUT2D eigenvalue weighted by Crippen LogP contribution is -2.22. The second kappa shape index (κ2) is 4.85. The number of amides is 2. The number of nitrogens with zero attached hydrogens (tertiary/aromatic N) is 1. The summed E-state index contributed by atoms with van der Waals surface area (Å²) in [6.07, 6.45) is 1.76. The van der Waals surface area contributed by atoms with Crippen LogP contribution in [0.25, 0.3) is 6.08 Å². The highest BCUT2D eigenvalue weighted by Gasteiger charge is 2.31. The number of imide groups is 1. The Balaban J connectivity index is 2.25. The molecule has 0 N–H and O–H groups in total. The zero-order chi connectivity index (χ0) is 14.2. The lowest BCUT2D eigenvalue weighted by atomic mass is 9.87. The Bertz CT molecular complexity index is 553. The molecule has 0 bridgehead atoms. The zero-order valence-electron chi connectivity index (χ0n) is 11.6. The SMILES string of the molecule is CN1C(=O)S/C(=C\c2ccc(C(C)(C)C)cc2)C1=O. The molecule has 100 valence electrons. The standard InChI is InChI=1S/C15H17NO2S/c1-15(2,3)11-7-5-10(6-8-11)9-12-13(17)16(4)14(18)19-12/h5-9H,1-4H3/b12-9-. The van der Waals surface area contributed by atoms with Gasteiger partial charge in [0.2, 0.25) is 0 Å². The van der Waals surface area contributed by atoms with Gasteiger partial charge in [0.05, 0.1) is 4.91 Å². The van der Waals surface area contributed by atoms with Crippen molar-refractivity contribution in [1.29, 1.82) is 0 Å². The van der Waals surface area contributed by atoms with E-state index in [9.17, 15) is 9.59 Å². The van der Waals surface area contributed by atoms with E-state index in [1.165, 1.54) is 12.6 Å². The molecule has 0 aromatic heterocycles.